The third kappa shape index (κ3) is 5.36. The average molecular weight is 289 g/mol. The van der Waals surface area contributed by atoms with Crippen molar-refractivity contribution in [1.29, 1.82) is 0 Å². The Kier molecular flexibility index (Phi) is 6.66. The second kappa shape index (κ2) is 7.75. The summed E-state index contributed by atoms with van der Waals surface area (Å²) in [5, 5.41) is 0.696. The lowest BCUT2D eigenvalue weighted by atomic mass is 10.2. The van der Waals surface area contributed by atoms with Crippen LogP contribution in [0.15, 0.2) is 30.3 Å². The highest BCUT2D eigenvalue weighted by Crippen LogP contribution is 2.47. The van der Waals surface area contributed by atoms with E-state index in [4.69, 9.17) is 20.6 Å². The number of hydrogen-bond acceptors (Lipinski definition) is 3. The maximum absolute atomic E-state index is 12.1. The number of allylic oxidation sites excluding steroid dienone is 1. The van der Waals surface area contributed by atoms with Gasteiger partial charge in [0.15, 0.2) is 0 Å². The standard InChI is InChI=1S/C13H18ClO3P/c1-3-16-18(15,17-4-2)11-5-6-12-7-9-13(14)10-8-12/h5-10H,3-4,11H2,1-2H3/b6-5-. The molecule has 0 N–H and O–H groups in total. The van der Waals surface area contributed by atoms with Crippen molar-refractivity contribution in [2.75, 3.05) is 19.4 Å². The predicted molar refractivity (Wildman–Crippen MR) is 76.2 cm³/mol. The van der Waals surface area contributed by atoms with Gasteiger partial charge >= 0.3 is 7.60 Å². The Hall–Kier alpha value is -0.600. The van der Waals surface area contributed by atoms with Crippen LogP contribution in [0.1, 0.15) is 19.4 Å². The summed E-state index contributed by atoms with van der Waals surface area (Å²) in [6.07, 6.45) is 3.95. The zero-order valence-corrected chi connectivity index (χ0v) is 12.3. The van der Waals surface area contributed by atoms with E-state index in [0.29, 0.717) is 18.2 Å². The maximum Gasteiger partial charge on any atom is 0.334 e. The summed E-state index contributed by atoms with van der Waals surface area (Å²) in [7, 11) is -2.98. The Balaban J connectivity index is 2.61. The van der Waals surface area contributed by atoms with Crippen LogP contribution in [0.2, 0.25) is 5.02 Å². The highest BCUT2D eigenvalue weighted by molar-refractivity contribution is 7.54. The molecule has 1 aromatic carbocycles. The SMILES string of the molecule is CCOP(=O)(C/C=C\c1ccc(Cl)cc1)OCC. The first-order chi connectivity index (χ1) is 8.59. The first-order valence-corrected chi connectivity index (χ1v) is 8.00. The monoisotopic (exact) mass is 288 g/mol. The summed E-state index contributed by atoms with van der Waals surface area (Å²) in [5.74, 6) is 0. The van der Waals surface area contributed by atoms with Crippen molar-refractivity contribution >= 4 is 25.3 Å². The molecule has 100 valence electrons. The van der Waals surface area contributed by atoms with Gasteiger partial charge in [0.25, 0.3) is 0 Å². The van der Waals surface area contributed by atoms with Crippen molar-refractivity contribution in [3.63, 3.8) is 0 Å². The summed E-state index contributed by atoms with van der Waals surface area (Å²) in [6, 6.07) is 7.41. The van der Waals surface area contributed by atoms with E-state index in [9.17, 15) is 4.57 Å². The van der Waals surface area contributed by atoms with E-state index >= 15 is 0 Å². The van der Waals surface area contributed by atoms with Gasteiger partial charge in [-0.05, 0) is 31.5 Å². The summed E-state index contributed by atoms with van der Waals surface area (Å²) < 4.78 is 22.5. The van der Waals surface area contributed by atoms with Gasteiger partial charge < -0.3 is 9.05 Å². The van der Waals surface area contributed by atoms with E-state index in [1.54, 1.807) is 19.9 Å². The molecular weight excluding hydrogens is 271 g/mol. The molecule has 0 saturated carbocycles. The Morgan fingerprint density at radius 3 is 2.22 bits per heavy atom. The van der Waals surface area contributed by atoms with Crippen molar-refractivity contribution < 1.29 is 13.6 Å². The topological polar surface area (TPSA) is 35.5 Å². The van der Waals surface area contributed by atoms with Gasteiger partial charge in [-0.3, -0.25) is 4.57 Å². The lowest BCUT2D eigenvalue weighted by Gasteiger charge is -2.14. The number of halogens is 1. The molecule has 0 fully saturated rings. The van der Waals surface area contributed by atoms with E-state index in [0.717, 1.165) is 5.56 Å². The molecule has 18 heavy (non-hydrogen) atoms. The number of benzene rings is 1. The maximum atomic E-state index is 12.1. The van der Waals surface area contributed by atoms with Gasteiger partial charge in [0.2, 0.25) is 0 Å². The van der Waals surface area contributed by atoms with Gasteiger partial charge in [0, 0.05) is 5.02 Å². The fourth-order valence-corrected chi connectivity index (χ4v) is 2.99. The second-order valence-electron chi connectivity index (χ2n) is 3.58. The van der Waals surface area contributed by atoms with Crippen LogP contribution in [0.3, 0.4) is 0 Å². The number of hydrogen-bond donors (Lipinski definition) is 0. The lowest BCUT2D eigenvalue weighted by molar-refractivity contribution is 0.222. The normalized spacial score (nSPS) is 12.2. The van der Waals surface area contributed by atoms with Gasteiger partial charge in [-0.15, -0.1) is 0 Å². The van der Waals surface area contributed by atoms with Crippen LogP contribution in [-0.4, -0.2) is 19.4 Å². The van der Waals surface area contributed by atoms with Crippen molar-refractivity contribution in [1.82, 2.24) is 0 Å². The molecule has 0 radical (unpaired) electrons. The van der Waals surface area contributed by atoms with Crippen LogP contribution >= 0.6 is 19.2 Å². The molecule has 0 heterocycles. The van der Waals surface area contributed by atoms with Crippen LogP contribution < -0.4 is 0 Å². The largest absolute Gasteiger partial charge is 0.334 e. The zero-order valence-electron chi connectivity index (χ0n) is 10.6. The molecule has 0 aliphatic heterocycles. The highest BCUT2D eigenvalue weighted by atomic mass is 35.5. The molecule has 0 aromatic heterocycles. The first kappa shape index (κ1) is 15.5. The molecule has 0 saturated heterocycles. The Morgan fingerprint density at radius 1 is 1.17 bits per heavy atom. The van der Waals surface area contributed by atoms with Crippen molar-refractivity contribution in [2.24, 2.45) is 0 Å². The molecule has 3 nitrogen and oxygen atoms in total. The lowest BCUT2D eigenvalue weighted by Crippen LogP contribution is -1.98. The summed E-state index contributed by atoms with van der Waals surface area (Å²) in [6.45, 7) is 4.36. The van der Waals surface area contributed by atoms with E-state index in [-0.39, 0.29) is 6.16 Å². The molecule has 0 amide bonds. The van der Waals surface area contributed by atoms with Crippen LogP contribution in [0.5, 0.6) is 0 Å². The number of rotatable bonds is 7. The summed E-state index contributed by atoms with van der Waals surface area (Å²) >= 11 is 5.79. The molecule has 0 aliphatic carbocycles. The van der Waals surface area contributed by atoms with Crippen molar-refractivity contribution in [3.8, 4) is 0 Å². The first-order valence-electron chi connectivity index (χ1n) is 5.90. The van der Waals surface area contributed by atoms with Gasteiger partial charge in [0.1, 0.15) is 0 Å². The minimum absolute atomic E-state index is 0.275. The van der Waals surface area contributed by atoms with Gasteiger partial charge in [-0.2, -0.15) is 0 Å². The van der Waals surface area contributed by atoms with E-state index in [2.05, 4.69) is 0 Å². The third-order valence-electron chi connectivity index (χ3n) is 2.16. The van der Waals surface area contributed by atoms with Crippen LogP contribution in [0.25, 0.3) is 6.08 Å². The van der Waals surface area contributed by atoms with E-state index in [1.165, 1.54) is 0 Å². The second-order valence-corrected chi connectivity index (χ2v) is 6.12. The Labute approximate surface area is 113 Å². The van der Waals surface area contributed by atoms with E-state index in [1.807, 2.05) is 30.3 Å². The van der Waals surface area contributed by atoms with Crippen molar-refractivity contribution in [2.45, 2.75) is 13.8 Å². The quantitative estimate of drug-likeness (QED) is 0.687. The Bertz CT molecular complexity index is 418. The molecular formula is C13H18ClO3P. The molecule has 0 atom stereocenters. The molecule has 0 bridgehead atoms. The van der Waals surface area contributed by atoms with Crippen LogP contribution in [0.4, 0.5) is 0 Å². The van der Waals surface area contributed by atoms with Crippen LogP contribution in [0, 0.1) is 0 Å². The highest BCUT2D eigenvalue weighted by Gasteiger charge is 2.20. The van der Waals surface area contributed by atoms with Gasteiger partial charge in [0.05, 0.1) is 19.4 Å². The summed E-state index contributed by atoms with van der Waals surface area (Å²) in [4.78, 5) is 0. The molecule has 0 unspecified atom stereocenters. The molecule has 1 aromatic rings. The van der Waals surface area contributed by atoms with Crippen LogP contribution in [-0.2, 0) is 13.6 Å². The predicted octanol–water partition coefficient (Wildman–Crippen LogP) is 4.62. The minimum atomic E-state index is -2.98. The van der Waals surface area contributed by atoms with E-state index < -0.39 is 7.60 Å². The van der Waals surface area contributed by atoms with Gasteiger partial charge in [-0.25, -0.2) is 0 Å². The van der Waals surface area contributed by atoms with Crippen molar-refractivity contribution in [3.05, 3.63) is 40.9 Å². The minimum Gasteiger partial charge on any atom is -0.309 e. The zero-order chi connectivity index (χ0) is 13.4. The molecule has 0 aliphatic rings. The molecule has 0 spiro atoms. The molecule has 1 rings (SSSR count). The fraction of sp³-hybridized carbons (Fsp3) is 0.385. The Morgan fingerprint density at radius 2 is 1.72 bits per heavy atom. The average Bonchev–Trinajstić information content (AvgIpc) is 2.32. The summed E-state index contributed by atoms with van der Waals surface area (Å²) in [5.41, 5.74) is 0.999. The smallest absolute Gasteiger partial charge is 0.309 e. The van der Waals surface area contributed by atoms with Gasteiger partial charge in [-0.1, -0.05) is 35.9 Å². The fourth-order valence-electron chi connectivity index (χ4n) is 1.43. The third-order valence-corrected chi connectivity index (χ3v) is 4.37. The molecule has 5 heteroatoms.